The Morgan fingerprint density at radius 3 is 1.75 bits per heavy atom. The molecular formula is C23H26F6N6O. The van der Waals surface area contributed by atoms with Crippen LogP contribution in [-0.2, 0) is 12.4 Å². The Morgan fingerprint density at radius 1 is 0.750 bits per heavy atom. The van der Waals surface area contributed by atoms with Crippen LogP contribution in [0.25, 0.3) is 0 Å². The number of hydrogen-bond acceptors (Lipinski definition) is 5. The van der Waals surface area contributed by atoms with Gasteiger partial charge in [-0.05, 0) is 44.4 Å². The topological polar surface area (TPSA) is 64.6 Å². The number of piperazine rings is 1. The molecule has 2 saturated heterocycles. The molecule has 2 amide bonds. The van der Waals surface area contributed by atoms with Crippen LogP contribution in [0.1, 0.15) is 36.2 Å². The minimum atomic E-state index is -4.99. The van der Waals surface area contributed by atoms with Crippen molar-refractivity contribution in [1.29, 1.82) is 0 Å². The third-order valence-electron chi connectivity index (χ3n) is 6.22. The number of carbonyl (C=O) groups excluding carboxylic acids is 1. The maximum Gasteiger partial charge on any atom is 0.416 e. The van der Waals surface area contributed by atoms with E-state index < -0.39 is 35.2 Å². The lowest BCUT2D eigenvalue weighted by Gasteiger charge is -2.36. The van der Waals surface area contributed by atoms with Crippen molar-refractivity contribution in [3.8, 4) is 0 Å². The van der Waals surface area contributed by atoms with Crippen molar-refractivity contribution in [2.45, 2.75) is 38.5 Å². The monoisotopic (exact) mass is 516 g/mol. The van der Waals surface area contributed by atoms with E-state index in [1.54, 1.807) is 0 Å². The minimum Gasteiger partial charge on any atom is -0.356 e. The van der Waals surface area contributed by atoms with Gasteiger partial charge in [0.05, 0.1) is 11.1 Å². The zero-order chi connectivity index (χ0) is 26.1. The Hall–Kier alpha value is -3.25. The summed E-state index contributed by atoms with van der Waals surface area (Å²) in [5.41, 5.74) is -3.54. The van der Waals surface area contributed by atoms with E-state index in [2.05, 4.69) is 20.2 Å². The molecule has 196 valence electrons. The van der Waals surface area contributed by atoms with Gasteiger partial charge in [0, 0.05) is 51.0 Å². The molecule has 4 rings (SSSR count). The number of hydrogen-bond donors (Lipinski definition) is 1. The summed E-state index contributed by atoms with van der Waals surface area (Å²) in [6.07, 6.45) is -6.59. The first kappa shape index (κ1) is 25.8. The summed E-state index contributed by atoms with van der Waals surface area (Å²) < 4.78 is 78.6. The molecule has 2 fully saturated rings. The zero-order valence-corrected chi connectivity index (χ0v) is 19.6. The number of halogens is 6. The van der Waals surface area contributed by atoms with Crippen molar-refractivity contribution in [2.75, 3.05) is 54.4 Å². The zero-order valence-electron chi connectivity index (χ0n) is 19.6. The van der Waals surface area contributed by atoms with Gasteiger partial charge in [0.2, 0.25) is 0 Å². The molecule has 0 aliphatic carbocycles. The average molecular weight is 516 g/mol. The van der Waals surface area contributed by atoms with Crippen molar-refractivity contribution in [3.63, 3.8) is 0 Å². The van der Waals surface area contributed by atoms with Gasteiger partial charge in [-0.15, -0.1) is 0 Å². The van der Waals surface area contributed by atoms with Gasteiger partial charge in [0.25, 0.3) is 0 Å². The summed E-state index contributed by atoms with van der Waals surface area (Å²) >= 11 is 0. The molecular weight excluding hydrogens is 490 g/mol. The van der Waals surface area contributed by atoms with Crippen LogP contribution < -0.4 is 15.1 Å². The van der Waals surface area contributed by atoms with E-state index in [-0.39, 0.29) is 19.2 Å². The highest BCUT2D eigenvalue weighted by molar-refractivity contribution is 5.89. The summed E-state index contributed by atoms with van der Waals surface area (Å²) in [6, 6.07) is 2.16. The lowest BCUT2D eigenvalue weighted by Crippen LogP contribution is -2.50. The van der Waals surface area contributed by atoms with Gasteiger partial charge in [0.1, 0.15) is 17.5 Å². The third-order valence-corrected chi connectivity index (χ3v) is 6.22. The second-order valence-electron chi connectivity index (χ2n) is 8.88. The molecule has 0 unspecified atom stereocenters. The van der Waals surface area contributed by atoms with E-state index in [9.17, 15) is 31.1 Å². The number of amides is 2. The smallest absolute Gasteiger partial charge is 0.356 e. The lowest BCUT2D eigenvalue weighted by molar-refractivity contribution is -0.143. The van der Waals surface area contributed by atoms with Gasteiger partial charge >= 0.3 is 18.4 Å². The largest absolute Gasteiger partial charge is 0.416 e. The molecule has 13 heteroatoms. The van der Waals surface area contributed by atoms with Gasteiger partial charge in [-0.2, -0.15) is 26.3 Å². The van der Waals surface area contributed by atoms with Crippen LogP contribution in [0.4, 0.5) is 48.5 Å². The molecule has 2 aliphatic heterocycles. The number of carbonyl (C=O) groups is 1. The number of anilines is 3. The van der Waals surface area contributed by atoms with Crippen molar-refractivity contribution in [1.82, 2.24) is 14.9 Å². The van der Waals surface area contributed by atoms with E-state index >= 15 is 0 Å². The molecule has 3 heterocycles. The Labute approximate surface area is 204 Å². The van der Waals surface area contributed by atoms with Crippen molar-refractivity contribution in [3.05, 3.63) is 41.2 Å². The molecule has 0 radical (unpaired) electrons. The molecule has 1 aromatic heterocycles. The molecule has 0 spiro atoms. The lowest BCUT2D eigenvalue weighted by atomic mass is 10.1. The second kappa shape index (κ2) is 10.0. The fourth-order valence-corrected chi connectivity index (χ4v) is 4.35. The first-order chi connectivity index (χ1) is 16.9. The summed E-state index contributed by atoms with van der Waals surface area (Å²) in [4.78, 5) is 27.3. The standard InChI is InChI=1S/C23H26F6N6O/c1-15-30-19(33-5-3-2-4-6-33)14-20(31-15)34-7-9-35(10-8-34)21(36)32-18-12-16(22(24,25)26)11-17(13-18)23(27,28)29/h11-14H,2-10H2,1H3,(H,32,36). The van der Waals surface area contributed by atoms with Crippen molar-refractivity contribution >= 4 is 23.4 Å². The van der Waals surface area contributed by atoms with Crippen molar-refractivity contribution in [2.24, 2.45) is 0 Å². The predicted octanol–water partition coefficient (Wildman–Crippen LogP) is 5.17. The van der Waals surface area contributed by atoms with E-state index in [0.29, 0.717) is 31.0 Å². The number of nitrogens with zero attached hydrogens (tertiary/aromatic N) is 5. The number of piperidine rings is 1. The number of urea groups is 1. The van der Waals surface area contributed by atoms with Crippen LogP contribution in [0.15, 0.2) is 24.3 Å². The summed E-state index contributed by atoms with van der Waals surface area (Å²) in [7, 11) is 0. The Balaban J connectivity index is 1.42. The van der Waals surface area contributed by atoms with Gasteiger partial charge in [-0.25, -0.2) is 14.8 Å². The molecule has 0 atom stereocenters. The van der Waals surface area contributed by atoms with Gasteiger partial charge in [-0.3, -0.25) is 0 Å². The Kier molecular flexibility index (Phi) is 7.19. The second-order valence-corrected chi connectivity index (χ2v) is 8.88. The first-order valence-corrected chi connectivity index (χ1v) is 11.6. The van der Waals surface area contributed by atoms with Gasteiger partial charge in [-0.1, -0.05) is 0 Å². The highest BCUT2D eigenvalue weighted by Gasteiger charge is 2.37. The average Bonchev–Trinajstić information content (AvgIpc) is 2.83. The van der Waals surface area contributed by atoms with E-state index in [1.807, 2.05) is 17.9 Å². The highest BCUT2D eigenvalue weighted by Crippen LogP contribution is 2.37. The van der Waals surface area contributed by atoms with Crippen molar-refractivity contribution < 1.29 is 31.1 Å². The van der Waals surface area contributed by atoms with Gasteiger partial charge < -0.3 is 20.0 Å². The number of aryl methyl sites for hydroxylation is 1. The van der Waals surface area contributed by atoms with Crippen LogP contribution in [0.2, 0.25) is 0 Å². The molecule has 7 nitrogen and oxygen atoms in total. The van der Waals surface area contributed by atoms with Crippen LogP contribution >= 0.6 is 0 Å². The molecule has 0 bridgehead atoms. The minimum absolute atomic E-state index is 0.0241. The molecule has 2 aromatic rings. The number of alkyl halides is 6. The fraction of sp³-hybridized carbons (Fsp3) is 0.522. The summed E-state index contributed by atoms with van der Waals surface area (Å²) in [5, 5.41) is 2.19. The van der Waals surface area contributed by atoms with Crippen LogP contribution in [0.3, 0.4) is 0 Å². The Bertz CT molecular complexity index is 1060. The quantitative estimate of drug-likeness (QED) is 0.571. The molecule has 1 N–H and O–H groups in total. The highest BCUT2D eigenvalue weighted by atomic mass is 19.4. The van der Waals surface area contributed by atoms with E-state index in [1.165, 1.54) is 11.3 Å². The van der Waals surface area contributed by atoms with Crippen LogP contribution in [0.5, 0.6) is 0 Å². The number of benzene rings is 1. The van der Waals surface area contributed by atoms with E-state index in [4.69, 9.17) is 0 Å². The Morgan fingerprint density at radius 2 is 1.25 bits per heavy atom. The third kappa shape index (κ3) is 6.11. The maximum atomic E-state index is 13.1. The molecule has 36 heavy (non-hydrogen) atoms. The van der Waals surface area contributed by atoms with E-state index in [0.717, 1.165) is 37.6 Å². The fourth-order valence-electron chi connectivity index (χ4n) is 4.35. The SMILES string of the molecule is Cc1nc(N2CCCCC2)cc(N2CCN(C(=O)Nc3cc(C(F)(F)F)cc(C(F)(F)F)c3)CC2)n1. The predicted molar refractivity (Wildman–Crippen MR) is 122 cm³/mol. The molecule has 2 aliphatic rings. The van der Waals surface area contributed by atoms with Gasteiger partial charge in [0.15, 0.2) is 0 Å². The molecule has 1 aromatic carbocycles. The number of aromatic nitrogens is 2. The first-order valence-electron chi connectivity index (χ1n) is 11.6. The normalized spacial score (nSPS) is 17.4. The van der Waals surface area contributed by atoms with Crippen LogP contribution in [-0.4, -0.2) is 60.2 Å². The maximum absolute atomic E-state index is 13.1. The molecule has 0 saturated carbocycles. The summed E-state index contributed by atoms with van der Waals surface area (Å²) in [6.45, 7) is 4.91. The number of rotatable bonds is 3. The summed E-state index contributed by atoms with van der Waals surface area (Å²) in [5.74, 6) is 2.19. The number of nitrogens with one attached hydrogen (secondary N) is 1. The van der Waals surface area contributed by atoms with Crippen LogP contribution in [0, 0.1) is 6.92 Å².